The van der Waals surface area contributed by atoms with E-state index in [1.807, 2.05) is 72.8 Å². The molecular weight excluding hydrogens is 590 g/mol. The summed E-state index contributed by atoms with van der Waals surface area (Å²) in [7, 11) is 0. The highest BCUT2D eigenvalue weighted by atomic mass is 16.3. The molecule has 3 heterocycles. The lowest BCUT2D eigenvalue weighted by atomic mass is 10.0. The largest absolute Gasteiger partial charge is 0.456 e. The highest BCUT2D eigenvalue weighted by Gasteiger charge is 2.16. The molecule has 0 unspecified atom stereocenters. The van der Waals surface area contributed by atoms with Crippen LogP contribution < -0.4 is 0 Å². The molecule has 0 aliphatic carbocycles. The van der Waals surface area contributed by atoms with Crippen LogP contribution >= 0.6 is 0 Å². The quantitative estimate of drug-likeness (QED) is 0.197. The van der Waals surface area contributed by atoms with Crippen LogP contribution in [0.2, 0.25) is 0 Å². The molecule has 0 N–H and O–H groups in total. The van der Waals surface area contributed by atoms with Crippen LogP contribution in [0.15, 0.2) is 160 Å². The number of hydrogen-bond donors (Lipinski definition) is 0. The molecule has 0 saturated heterocycles. The fourth-order valence-corrected chi connectivity index (χ4v) is 6.72. The van der Waals surface area contributed by atoms with Crippen LogP contribution in [0.1, 0.15) is 0 Å². The smallest absolute Gasteiger partial charge is 0.164 e. The molecule has 0 saturated carbocycles. The van der Waals surface area contributed by atoms with Crippen LogP contribution in [0.3, 0.4) is 0 Å². The summed E-state index contributed by atoms with van der Waals surface area (Å²) in [5.41, 5.74) is 8.33. The Morgan fingerprint density at radius 2 is 0.854 bits per heavy atom. The topological polar surface area (TPSA) is 65.0 Å². The van der Waals surface area contributed by atoms with Gasteiger partial charge in [-0.05, 0) is 59.0 Å². The maximum absolute atomic E-state index is 6.46. The van der Waals surface area contributed by atoms with Crippen molar-refractivity contribution < 1.29 is 8.83 Å². The summed E-state index contributed by atoms with van der Waals surface area (Å²) in [6.45, 7) is 0. The average Bonchev–Trinajstić information content (AvgIpc) is 3.72. The van der Waals surface area contributed by atoms with E-state index in [-0.39, 0.29) is 0 Å². The Labute approximate surface area is 274 Å². The molecule has 0 spiro atoms. The van der Waals surface area contributed by atoms with Crippen molar-refractivity contribution in [2.24, 2.45) is 0 Å². The summed E-state index contributed by atoms with van der Waals surface area (Å²) in [5.74, 6) is 1.85. The molecular formula is C43H25N3O2. The van der Waals surface area contributed by atoms with Gasteiger partial charge in [0.1, 0.15) is 22.3 Å². The molecule has 0 atom stereocenters. The number of benzene rings is 7. The first-order valence-corrected chi connectivity index (χ1v) is 15.9. The maximum Gasteiger partial charge on any atom is 0.164 e. The summed E-state index contributed by atoms with van der Waals surface area (Å²) < 4.78 is 12.9. The third kappa shape index (κ3) is 4.29. The van der Waals surface area contributed by atoms with Crippen molar-refractivity contribution in [2.45, 2.75) is 0 Å². The zero-order chi connectivity index (χ0) is 31.6. The monoisotopic (exact) mass is 615 g/mol. The van der Waals surface area contributed by atoms with E-state index >= 15 is 0 Å². The third-order valence-corrected chi connectivity index (χ3v) is 9.13. The zero-order valence-corrected chi connectivity index (χ0v) is 25.6. The van der Waals surface area contributed by atoms with Crippen LogP contribution in [0, 0.1) is 0 Å². The normalized spacial score (nSPS) is 11.8. The third-order valence-electron chi connectivity index (χ3n) is 9.13. The number of hydrogen-bond acceptors (Lipinski definition) is 5. The molecule has 0 amide bonds. The van der Waals surface area contributed by atoms with Crippen molar-refractivity contribution in [3.05, 3.63) is 152 Å². The lowest BCUT2D eigenvalue weighted by molar-refractivity contribution is 0.669. The van der Waals surface area contributed by atoms with Crippen LogP contribution in [0.4, 0.5) is 0 Å². The van der Waals surface area contributed by atoms with E-state index in [4.69, 9.17) is 23.8 Å². The minimum absolute atomic E-state index is 0.595. The van der Waals surface area contributed by atoms with Gasteiger partial charge >= 0.3 is 0 Å². The van der Waals surface area contributed by atoms with Gasteiger partial charge in [-0.15, -0.1) is 0 Å². The molecule has 7 aromatic carbocycles. The van der Waals surface area contributed by atoms with Gasteiger partial charge in [-0.3, -0.25) is 0 Å². The lowest BCUT2D eigenvalue weighted by Gasteiger charge is -2.08. The Morgan fingerprint density at radius 1 is 0.312 bits per heavy atom. The predicted octanol–water partition coefficient (Wildman–Crippen LogP) is 11.5. The number of aromatic nitrogens is 3. The van der Waals surface area contributed by atoms with Gasteiger partial charge in [0.2, 0.25) is 0 Å². The second-order valence-electron chi connectivity index (χ2n) is 12.0. The van der Waals surface area contributed by atoms with Crippen molar-refractivity contribution in [3.8, 4) is 45.3 Å². The van der Waals surface area contributed by atoms with E-state index < -0.39 is 0 Å². The standard InChI is InChI=1S/C43H25N3O2/c1-3-10-27(11-4-1)41-44-42(28-12-5-2-6-13-28)46-43(45-41)31-17-20-34-36-23-29(18-22-37(36)47-38(34)25-31)30-16-19-33-35-21-15-26-9-7-8-14-32(26)40(35)48-39(33)24-30/h1-25H. The van der Waals surface area contributed by atoms with Gasteiger partial charge in [-0.2, -0.15) is 0 Å². The second kappa shape index (κ2) is 10.5. The molecule has 10 aromatic rings. The van der Waals surface area contributed by atoms with Crippen molar-refractivity contribution in [2.75, 3.05) is 0 Å². The Hall–Kier alpha value is -6.59. The molecule has 0 radical (unpaired) electrons. The lowest BCUT2D eigenvalue weighted by Crippen LogP contribution is -2.00. The van der Waals surface area contributed by atoms with E-state index in [0.717, 1.165) is 77.1 Å². The van der Waals surface area contributed by atoms with Crippen LogP contribution in [-0.2, 0) is 0 Å². The van der Waals surface area contributed by atoms with Gasteiger partial charge in [0, 0.05) is 43.6 Å². The first-order valence-electron chi connectivity index (χ1n) is 15.9. The minimum atomic E-state index is 0.595. The SMILES string of the molecule is c1ccc(-c2nc(-c3ccccc3)nc(-c3ccc4c(c3)oc3ccc(-c5ccc6c(c5)oc5c7ccccc7ccc65)cc34)n2)cc1. The van der Waals surface area contributed by atoms with E-state index in [0.29, 0.717) is 17.5 Å². The molecule has 10 rings (SSSR count). The highest BCUT2D eigenvalue weighted by Crippen LogP contribution is 2.38. The van der Waals surface area contributed by atoms with E-state index in [2.05, 4.69) is 78.9 Å². The molecule has 0 bridgehead atoms. The molecule has 5 heteroatoms. The van der Waals surface area contributed by atoms with E-state index in [1.165, 1.54) is 5.39 Å². The highest BCUT2D eigenvalue weighted by molar-refractivity contribution is 6.15. The first kappa shape index (κ1) is 26.6. The minimum Gasteiger partial charge on any atom is -0.456 e. The summed E-state index contributed by atoms with van der Waals surface area (Å²) in [6.07, 6.45) is 0. The summed E-state index contributed by atoms with van der Waals surface area (Å²) in [6, 6.07) is 51.7. The second-order valence-corrected chi connectivity index (χ2v) is 12.0. The molecule has 3 aromatic heterocycles. The Balaban J connectivity index is 1.07. The van der Waals surface area contributed by atoms with Crippen molar-refractivity contribution in [3.63, 3.8) is 0 Å². The van der Waals surface area contributed by atoms with E-state index in [1.54, 1.807) is 0 Å². The van der Waals surface area contributed by atoms with Crippen molar-refractivity contribution in [1.82, 2.24) is 15.0 Å². The van der Waals surface area contributed by atoms with Crippen LogP contribution in [0.25, 0.3) is 99.9 Å². The van der Waals surface area contributed by atoms with Gasteiger partial charge in [0.15, 0.2) is 17.5 Å². The summed E-state index contributed by atoms with van der Waals surface area (Å²) in [5, 5.41) is 6.64. The van der Waals surface area contributed by atoms with Gasteiger partial charge < -0.3 is 8.83 Å². The fraction of sp³-hybridized carbons (Fsp3) is 0. The van der Waals surface area contributed by atoms with E-state index in [9.17, 15) is 0 Å². The number of furan rings is 2. The maximum atomic E-state index is 6.46. The Kier molecular flexibility index (Phi) is 5.81. The zero-order valence-electron chi connectivity index (χ0n) is 25.6. The molecule has 0 aliphatic heterocycles. The molecule has 0 fully saturated rings. The Bertz CT molecular complexity index is 2780. The fourth-order valence-electron chi connectivity index (χ4n) is 6.72. The number of rotatable bonds is 4. The first-order chi connectivity index (χ1) is 23.7. The average molecular weight is 616 g/mol. The van der Waals surface area contributed by atoms with Gasteiger partial charge in [0.25, 0.3) is 0 Å². The summed E-state index contributed by atoms with van der Waals surface area (Å²) in [4.78, 5) is 14.6. The molecule has 5 nitrogen and oxygen atoms in total. The number of nitrogens with zero attached hydrogens (tertiary/aromatic N) is 3. The molecule has 48 heavy (non-hydrogen) atoms. The van der Waals surface area contributed by atoms with Crippen LogP contribution in [-0.4, -0.2) is 15.0 Å². The number of fused-ring (bicyclic) bond motifs is 8. The van der Waals surface area contributed by atoms with Crippen molar-refractivity contribution >= 4 is 54.6 Å². The van der Waals surface area contributed by atoms with Crippen LogP contribution in [0.5, 0.6) is 0 Å². The predicted molar refractivity (Wildman–Crippen MR) is 194 cm³/mol. The van der Waals surface area contributed by atoms with Gasteiger partial charge in [-0.1, -0.05) is 109 Å². The Morgan fingerprint density at radius 3 is 1.60 bits per heavy atom. The summed E-state index contributed by atoms with van der Waals surface area (Å²) >= 11 is 0. The van der Waals surface area contributed by atoms with Crippen molar-refractivity contribution in [1.29, 1.82) is 0 Å². The van der Waals surface area contributed by atoms with Gasteiger partial charge in [-0.25, -0.2) is 15.0 Å². The van der Waals surface area contributed by atoms with Gasteiger partial charge in [0.05, 0.1) is 0 Å². The molecule has 224 valence electrons. The molecule has 0 aliphatic rings.